The quantitative estimate of drug-likeness (QED) is 0.809. The molecule has 0 saturated carbocycles. The van der Waals surface area contributed by atoms with Gasteiger partial charge in [0.25, 0.3) is 5.91 Å². The van der Waals surface area contributed by atoms with Crippen LogP contribution in [-0.2, 0) is 16.0 Å². The fourth-order valence-corrected chi connectivity index (χ4v) is 3.85. The monoisotopic (exact) mass is 392 g/mol. The number of hydrogen-bond acceptors (Lipinski definition) is 4. The number of benzene rings is 2. The van der Waals surface area contributed by atoms with E-state index in [2.05, 4.69) is 11.4 Å². The van der Waals surface area contributed by atoms with E-state index in [0.29, 0.717) is 11.3 Å². The van der Waals surface area contributed by atoms with Crippen LogP contribution in [0.15, 0.2) is 42.5 Å². The van der Waals surface area contributed by atoms with Crippen molar-refractivity contribution >= 4 is 23.4 Å². The summed E-state index contributed by atoms with van der Waals surface area (Å²) in [5.41, 5.74) is 3.03. The Morgan fingerprint density at radius 3 is 2.79 bits per heavy atom. The highest BCUT2D eigenvalue weighted by Gasteiger charge is 2.36. The number of carbonyl (C=O) groups is 3. The zero-order valence-corrected chi connectivity index (χ0v) is 16.6. The molecule has 1 N–H and O–H groups in total. The Morgan fingerprint density at radius 1 is 1.21 bits per heavy atom. The minimum Gasteiger partial charge on any atom is -0.493 e. The third-order valence-electron chi connectivity index (χ3n) is 5.52. The van der Waals surface area contributed by atoms with Gasteiger partial charge in [-0.2, -0.15) is 0 Å². The molecule has 1 saturated heterocycles. The van der Waals surface area contributed by atoms with Gasteiger partial charge in [0.1, 0.15) is 5.75 Å². The van der Waals surface area contributed by atoms with Crippen LogP contribution < -0.4 is 15.0 Å². The van der Waals surface area contributed by atoms with Gasteiger partial charge in [-0.3, -0.25) is 19.3 Å². The number of ether oxygens (including phenoxy) is 1. The number of carbonyl (C=O) groups excluding carboxylic acids is 3. The average molecular weight is 392 g/mol. The Hall–Kier alpha value is -3.15. The first-order valence-electron chi connectivity index (χ1n) is 9.97. The van der Waals surface area contributed by atoms with Gasteiger partial charge in [0.05, 0.1) is 18.3 Å². The smallest absolute Gasteiger partial charge is 0.251 e. The third-order valence-corrected chi connectivity index (χ3v) is 5.52. The van der Waals surface area contributed by atoms with Crippen molar-refractivity contribution in [3.8, 4) is 5.75 Å². The first-order chi connectivity index (χ1) is 13.9. The number of rotatable bonds is 4. The molecule has 6 nitrogen and oxygen atoms in total. The molecule has 2 heterocycles. The number of amides is 3. The predicted molar refractivity (Wildman–Crippen MR) is 109 cm³/mol. The van der Waals surface area contributed by atoms with E-state index < -0.39 is 0 Å². The van der Waals surface area contributed by atoms with Gasteiger partial charge in [-0.05, 0) is 55.2 Å². The molecule has 29 heavy (non-hydrogen) atoms. The van der Waals surface area contributed by atoms with Crippen LogP contribution in [0.1, 0.15) is 54.2 Å². The maximum absolute atomic E-state index is 12.8. The molecule has 2 aromatic carbocycles. The van der Waals surface area contributed by atoms with E-state index in [1.165, 1.54) is 4.90 Å². The lowest BCUT2D eigenvalue weighted by Gasteiger charge is -2.21. The molecule has 150 valence electrons. The van der Waals surface area contributed by atoms with Gasteiger partial charge in [0.2, 0.25) is 11.8 Å². The van der Waals surface area contributed by atoms with Crippen LogP contribution in [0.5, 0.6) is 5.75 Å². The van der Waals surface area contributed by atoms with E-state index in [1.807, 2.05) is 19.1 Å². The molecule has 6 heteroatoms. The number of hydrogen-bond donors (Lipinski definition) is 1. The van der Waals surface area contributed by atoms with Gasteiger partial charge >= 0.3 is 0 Å². The second-order valence-electron chi connectivity index (χ2n) is 7.74. The SMILES string of the molecule is C[C@H]1CC(=O)N(c2cccc(C(=O)N[C@H](C)c3ccc4c(c3)CCCO4)c2)C1=O. The largest absolute Gasteiger partial charge is 0.493 e. The average Bonchev–Trinajstić information content (AvgIpc) is 2.99. The van der Waals surface area contributed by atoms with Crippen molar-refractivity contribution in [1.29, 1.82) is 0 Å². The molecule has 2 aromatic rings. The van der Waals surface area contributed by atoms with Gasteiger partial charge in [-0.1, -0.05) is 25.1 Å². The van der Waals surface area contributed by atoms with Gasteiger partial charge in [0, 0.05) is 17.9 Å². The number of fused-ring (bicyclic) bond motifs is 1. The normalized spacial score (nSPS) is 19.5. The Kier molecular flexibility index (Phi) is 5.09. The summed E-state index contributed by atoms with van der Waals surface area (Å²) >= 11 is 0. The fourth-order valence-electron chi connectivity index (χ4n) is 3.85. The Labute approximate surface area is 169 Å². The van der Waals surface area contributed by atoms with Crippen molar-refractivity contribution in [2.45, 2.75) is 39.2 Å². The minimum atomic E-state index is -0.326. The summed E-state index contributed by atoms with van der Waals surface area (Å²) in [5.74, 6) is -0.115. The van der Waals surface area contributed by atoms with Crippen LogP contribution in [0, 0.1) is 5.92 Å². The lowest BCUT2D eigenvalue weighted by atomic mass is 10.00. The second kappa shape index (κ2) is 7.70. The maximum atomic E-state index is 12.8. The Morgan fingerprint density at radius 2 is 2.03 bits per heavy atom. The van der Waals surface area contributed by atoms with Gasteiger partial charge in [0.15, 0.2) is 0 Å². The molecule has 4 rings (SSSR count). The van der Waals surface area contributed by atoms with E-state index in [1.54, 1.807) is 31.2 Å². The number of imide groups is 1. The topological polar surface area (TPSA) is 75.7 Å². The zero-order chi connectivity index (χ0) is 20.5. The summed E-state index contributed by atoms with van der Waals surface area (Å²) in [6.07, 6.45) is 2.17. The van der Waals surface area contributed by atoms with Crippen LogP contribution in [0.4, 0.5) is 5.69 Å². The summed E-state index contributed by atoms with van der Waals surface area (Å²) in [5, 5.41) is 3.00. The molecule has 3 amide bonds. The van der Waals surface area contributed by atoms with Crippen molar-refractivity contribution in [1.82, 2.24) is 5.32 Å². The predicted octanol–water partition coefficient (Wildman–Crippen LogP) is 3.40. The van der Waals surface area contributed by atoms with Crippen molar-refractivity contribution in [2.24, 2.45) is 5.92 Å². The number of anilines is 1. The lowest BCUT2D eigenvalue weighted by Crippen LogP contribution is -2.31. The van der Waals surface area contributed by atoms with Crippen LogP contribution >= 0.6 is 0 Å². The lowest BCUT2D eigenvalue weighted by molar-refractivity contribution is -0.122. The molecule has 1 fully saturated rings. The van der Waals surface area contributed by atoms with E-state index in [9.17, 15) is 14.4 Å². The minimum absolute atomic E-state index is 0.187. The summed E-state index contributed by atoms with van der Waals surface area (Å²) in [6.45, 7) is 4.42. The molecular formula is C23H24N2O4. The summed E-state index contributed by atoms with van der Waals surface area (Å²) < 4.78 is 5.65. The second-order valence-corrected chi connectivity index (χ2v) is 7.74. The number of nitrogens with one attached hydrogen (secondary N) is 1. The summed E-state index contributed by atoms with van der Waals surface area (Å²) in [6, 6.07) is 12.5. The third kappa shape index (κ3) is 3.75. The van der Waals surface area contributed by atoms with Gasteiger partial charge in [-0.15, -0.1) is 0 Å². The molecule has 0 unspecified atom stereocenters. The standard InChI is InChI=1S/C23H24N2O4/c1-14-11-21(26)25(23(14)28)19-7-3-5-18(13-19)22(27)24-15(2)16-8-9-20-17(12-16)6-4-10-29-20/h3,5,7-9,12-15H,4,6,10-11H2,1-2H3,(H,24,27)/t14-,15+/m0/s1. The first kappa shape index (κ1) is 19.2. The van der Waals surface area contributed by atoms with Crippen molar-refractivity contribution in [3.63, 3.8) is 0 Å². The van der Waals surface area contributed by atoms with Gasteiger partial charge in [-0.25, -0.2) is 0 Å². The molecule has 0 bridgehead atoms. The molecule has 0 radical (unpaired) electrons. The molecule has 0 aromatic heterocycles. The molecule has 2 aliphatic rings. The highest BCUT2D eigenvalue weighted by Crippen LogP contribution is 2.29. The summed E-state index contributed by atoms with van der Waals surface area (Å²) in [4.78, 5) is 38.4. The van der Waals surface area contributed by atoms with E-state index in [0.717, 1.165) is 36.3 Å². The van der Waals surface area contributed by atoms with Crippen LogP contribution in [0.3, 0.4) is 0 Å². The van der Waals surface area contributed by atoms with Crippen molar-refractivity contribution in [3.05, 3.63) is 59.2 Å². The number of aryl methyl sites for hydroxylation is 1. The maximum Gasteiger partial charge on any atom is 0.251 e. The van der Waals surface area contributed by atoms with E-state index >= 15 is 0 Å². The van der Waals surface area contributed by atoms with E-state index in [4.69, 9.17) is 4.74 Å². The molecular weight excluding hydrogens is 368 g/mol. The molecule has 2 atom stereocenters. The van der Waals surface area contributed by atoms with Gasteiger partial charge < -0.3 is 10.1 Å². The highest BCUT2D eigenvalue weighted by atomic mass is 16.5. The Balaban J connectivity index is 1.50. The van der Waals surface area contributed by atoms with Crippen molar-refractivity contribution in [2.75, 3.05) is 11.5 Å². The summed E-state index contributed by atoms with van der Waals surface area (Å²) in [7, 11) is 0. The van der Waals surface area contributed by atoms with Crippen LogP contribution in [0.2, 0.25) is 0 Å². The molecule has 2 aliphatic heterocycles. The molecule has 0 aliphatic carbocycles. The fraction of sp³-hybridized carbons (Fsp3) is 0.348. The highest BCUT2D eigenvalue weighted by molar-refractivity contribution is 6.21. The number of nitrogens with zero attached hydrogens (tertiary/aromatic N) is 1. The van der Waals surface area contributed by atoms with Crippen LogP contribution in [-0.4, -0.2) is 24.3 Å². The van der Waals surface area contributed by atoms with Crippen LogP contribution in [0.25, 0.3) is 0 Å². The molecule has 0 spiro atoms. The van der Waals surface area contributed by atoms with E-state index in [-0.39, 0.29) is 36.1 Å². The zero-order valence-electron chi connectivity index (χ0n) is 16.6. The first-order valence-corrected chi connectivity index (χ1v) is 9.97. The van der Waals surface area contributed by atoms with Crippen molar-refractivity contribution < 1.29 is 19.1 Å². The Bertz CT molecular complexity index is 985.